The SMILES string of the molecule is C#CCN1CCN(CCOc2ccc(Cl)cc2)CC1. The molecule has 19 heavy (non-hydrogen) atoms. The van der Waals surface area contributed by atoms with Crippen molar-refractivity contribution in [2.75, 3.05) is 45.9 Å². The third-order valence-corrected chi connectivity index (χ3v) is 3.52. The predicted molar refractivity (Wildman–Crippen MR) is 78.7 cm³/mol. The first-order chi connectivity index (χ1) is 9.28. The Balaban J connectivity index is 1.64. The first kappa shape index (κ1) is 14.2. The van der Waals surface area contributed by atoms with Crippen LogP contribution in [0.15, 0.2) is 24.3 Å². The van der Waals surface area contributed by atoms with Crippen molar-refractivity contribution in [3.05, 3.63) is 29.3 Å². The van der Waals surface area contributed by atoms with Gasteiger partial charge >= 0.3 is 0 Å². The van der Waals surface area contributed by atoms with E-state index in [0.29, 0.717) is 6.61 Å². The van der Waals surface area contributed by atoms with E-state index in [-0.39, 0.29) is 0 Å². The zero-order valence-corrected chi connectivity index (χ0v) is 11.8. The fourth-order valence-corrected chi connectivity index (χ4v) is 2.25. The Kier molecular flexibility index (Phi) is 5.53. The summed E-state index contributed by atoms with van der Waals surface area (Å²) in [6, 6.07) is 7.48. The van der Waals surface area contributed by atoms with Crippen LogP contribution in [0, 0.1) is 12.3 Å². The van der Waals surface area contributed by atoms with Crippen molar-refractivity contribution in [1.82, 2.24) is 9.80 Å². The topological polar surface area (TPSA) is 15.7 Å². The number of ether oxygens (including phenoxy) is 1. The molecule has 102 valence electrons. The third kappa shape index (κ3) is 4.76. The molecule has 0 radical (unpaired) electrons. The number of hydrogen-bond donors (Lipinski definition) is 0. The number of hydrogen-bond acceptors (Lipinski definition) is 3. The van der Waals surface area contributed by atoms with Gasteiger partial charge in [0.2, 0.25) is 0 Å². The Bertz CT molecular complexity index is 419. The molecular formula is C15H19ClN2O. The summed E-state index contributed by atoms with van der Waals surface area (Å²) in [6.07, 6.45) is 5.31. The van der Waals surface area contributed by atoms with Crippen LogP contribution in [0.1, 0.15) is 0 Å². The van der Waals surface area contributed by atoms with Gasteiger partial charge in [0.05, 0.1) is 6.54 Å². The van der Waals surface area contributed by atoms with Crippen LogP contribution in [0.2, 0.25) is 5.02 Å². The van der Waals surface area contributed by atoms with Gasteiger partial charge in [0.25, 0.3) is 0 Å². The van der Waals surface area contributed by atoms with Gasteiger partial charge in [-0.2, -0.15) is 0 Å². The van der Waals surface area contributed by atoms with Gasteiger partial charge in [-0.1, -0.05) is 17.5 Å². The van der Waals surface area contributed by atoms with E-state index >= 15 is 0 Å². The first-order valence-corrected chi connectivity index (χ1v) is 6.92. The Morgan fingerprint density at radius 3 is 2.37 bits per heavy atom. The molecule has 4 heteroatoms. The zero-order chi connectivity index (χ0) is 13.5. The minimum absolute atomic E-state index is 0.705. The highest BCUT2D eigenvalue weighted by Crippen LogP contribution is 2.15. The summed E-state index contributed by atoms with van der Waals surface area (Å²) in [7, 11) is 0. The smallest absolute Gasteiger partial charge is 0.119 e. The molecule has 1 fully saturated rings. The maximum Gasteiger partial charge on any atom is 0.119 e. The van der Waals surface area contributed by atoms with Crippen LogP contribution in [0.5, 0.6) is 5.75 Å². The fourth-order valence-electron chi connectivity index (χ4n) is 2.12. The van der Waals surface area contributed by atoms with Crippen LogP contribution in [0.3, 0.4) is 0 Å². The van der Waals surface area contributed by atoms with E-state index < -0.39 is 0 Å². The van der Waals surface area contributed by atoms with E-state index in [4.69, 9.17) is 22.8 Å². The maximum atomic E-state index is 5.82. The molecule has 0 aliphatic carbocycles. The molecule has 1 aliphatic heterocycles. The van der Waals surface area contributed by atoms with Crippen molar-refractivity contribution in [3.8, 4) is 18.1 Å². The fraction of sp³-hybridized carbons (Fsp3) is 0.467. The molecule has 0 saturated carbocycles. The first-order valence-electron chi connectivity index (χ1n) is 6.54. The van der Waals surface area contributed by atoms with Crippen LogP contribution in [-0.4, -0.2) is 55.7 Å². The highest BCUT2D eigenvalue weighted by molar-refractivity contribution is 6.30. The lowest BCUT2D eigenvalue weighted by molar-refractivity contribution is 0.126. The number of terminal acetylenes is 1. The quantitative estimate of drug-likeness (QED) is 0.766. The molecule has 3 nitrogen and oxygen atoms in total. The molecule has 1 aliphatic rings. The number of halogens is 1. The van der Waals surface area contributed by atoms with E-state index in [2.05, 4.69) is 15.7 Å². The van der Waals surface area contributed by atoms with Crippen LogP contribution < -0.4 is 4.74 Å². The van der Waals surface area contributed by atoms with Crippen molar-refractivity contribution in [2.24, 2.45) is 0 Å². The summed E-state index contributed by atoms with van der Waals surface area (Å²) in [6.45, 7) is 6.63. The van der Waals surface area contributed by atoms with Crippen molar-refractivity contribution < 1.29 is 4.74 Å². The third-order valence-electron chi connectivity index (χ3n) is 3.27. The summed E-state index contributed by atoms with van der Waals surface area (Å²) in [5.41, 5.74) is 0. The Morgan fingerprint density at radius 2 is 1.74 bits per heavy atom. The Morgan fingerprint density at radius 1 is 1.11 bits per heavy atom. The lowest BCUT2D eigenvalue weighted by atomic mass is 10.3. The van der Waals surface area contributed by atoms with E-state index in [1.165, 1.54) is 0 Å². The lowest BCUT2D eigenvalue weighted by Crippen LogP contribution is -2.47. The van der Waals surface area contributed by atoms with Crippen LogP contribution >= 0.6 is 11.6 Å². The number of piperazine rings is 1. The molecule has 1 aromatic rings. The molecule has 0 bridgehead atoms. The second-order valence-electron chi connectivity index (χ2n) is 4.62. The molecule has 0 N–H and O–H groups in total. The minimum atomic E-state index is 0.705. The Hall–Kier alpha value is -1.21. The van der Waals surface area contributed by atoms with Gasteiger partial charge in [-0.05, 0) is 24.3 Å². The van der Waals surface area contributed by atoms with Gasteiger partial charge in [0.15, 0.2) is 0 Å². The molecule has 1 aromatic carbocycles. The summed E-state index contributed by atoms with van der Waals surface area (Å²) in [5, 5.41) is 0.733. The van der Waals surface area contributed by atoms with Gasteiger partial charge in [-0.3, -0.25) is 9.80 Å². The summed E-state index contributed by atoms with van der Waals surface area (Å²) in [4.78, 5) is 4.71. The lowest BCUT2D eigenvalue weighted by Gasteiger charge is -2.33. The standard InChI is InChI=1S/C15H19ClN2O/c1-2-7-17-8-10-18(11-9-17)12-13-19-15-5-3-14(16)4-6-15/h1,3-6H,7-13H2. The van der Waals surface area contributed by atoms with Gasteiger partial charge in [-0.15, -0.1) is 6.42 Å². The molecule has 0 aromatic heterocycles. The van der Waals surface area contributed by atoms with Gasteiger partial charge in [0, 0.05) is 37.7 Å². The van der Waals surface area contributed by atoms with Crippen LogP contribution in [-0.2, 0) is 0 Å². The summed E-state index contributed by atoms with van der Waals surface area (Å²) in [5.74, 6) is 3.56. The van der Waals surface area contributed by atoms with Crippen molar-refractivity contribution in [3.63, 3.8) is 0 Å². The van der Waals surface area contributed by atoms with Crippen molar-refractivity contribution >= 4 is 11.6 Å². The summed E-state index contributed by atoms with van der Waals surface area (Å²) < 4.78 is 5.69. The zero-order valence-electron chi connectivity index (χ0n) is 11.0. The predicted octanol–water partition coefficient (Wildman–Crippen LogP) is 1.97. The minimum Gasteiger partial charge on any atom is -0.492 e. The molecule has 0 amide bonds. The largest absolute Gasteiger partial charge is 0.492 e. The molecule has 2 rings (SSSR count). The van der Waals surface area contributed by atoms with Crippen LogP contribution in [0.25, 0.3) is 0 Å². The molecule has 0 spiro atoms. The van der Waals surface area contributed by atoms with Crippen molar-refractivity contribution in [2.45, 2.75) is 0 Å². The van der Waals surface area contributed by atoms with Crippen molar-refractivity contribution in [1.29, 1.82) is 0 Å². The van der Waals surface area contributed by atoms with Gasteiger partial charge < -0.3 is 4.74 Å². The average Bonchev–Trinajstić information content (AvgIpc) is 2.43. The second kappa shape index (κ2) is 7.40. The van der Waals surface area contributed by atoms with Crippen LogP contribution in [0.4, 0.5) is 0 Å². The molecule has 0 atom stereocenters. The number of rotatable bonds is 5. The monoisotopic (exact) mass is 278 g/mol. The highest BCUT2D eigenvalue weighted by Gasteiger charge is 2.15. The molecule has 1 heterocycles. The van der Waals surface area contributed by atoms with E-state index in [9.17, 15) is 0 Å². The van der Waals surface area contributed by atoms with E-state index in [0.717, 1.165) is 50.0 Å². The normalized spacial score (nSPS) is 17.1. The van der Waals surface area contributed by atoms with E-state index in [1.54, 1.807) is 0 Å². The molecule has 0 unspecified atom stereocenters. The van der Waals surface area contributed by atoms with Gasteiger partial charge in [0.1, 0.15) is 12.4 Å². The number of nitrogens with zero attached hydrogens (tertiary/aromatic N) is 2. The van der Waals surface area contributed by atoms with E-state index in [1.807, 2.05) is 24.3 Å². The summed E-state index contributed by atoms with van der Waals surface area (Å²) >= 11 is 5.82. The Labute approximate surface area is 120 Å². The van der Waals surface area contributed by atoms with Gasteiger partial charge in [-0.25, -0.2) is 0 Å². The molecular weight excluding hydrogens is 260 g/mol. The maximum absolute atomic E-state index is 5.82. The molecule has 1 saturated heterocycles. The average molecular weight is 279 g/mol. The number of benzene rings is 1. The second-order valence-corrected chi connectivity index (χ2v) is 5.06. The highest BCUT2D eigenvalue weighted by atomic mass is 35.5.